The van der Waals surface area contributed by atoms with Crippen LogP contribution in [0.15, 0.2) is 28.9 Å². The zero-order valence-corrected chi connectivity index (χ0v) is 14.5. The van der Waals surface area contributed by atoms with Crippen LogP contribution < -0.4 is 0 Å². The van der Waals surface area contributed by atoms with Crippen molar-refractivity contribution in [2.45, 2.75) is 45.1 Å². The Hall–Kier alpha value is -2.63. The predicted octanol–water partition coefficient (Wildman–Crippen LogP) is 4.03. The molecule has 1 aliphatic rings. The first-order valence-corrected chi connectivity index (χ1v) is 8.72. The molecule has 1 saturated carbocycles. The number of hydrogen-bond donors (Lipinski definition) is 0. The predicted molar refractivity (Wildman–Crippen MR) is 93.2 cm³/mol. The lowest BCUT2D eigenvalue weighted by atomic mass is 9.97. The molecule has 6 heteroatoms. The molecule has 0 saturated heterocycles. The van der Waals surface area contributed by atoms with Gasteiger partial charge in [-0.1, -0.05) is 6.42 Å². The first-order chi connectivity index (χ1) is 12.1. The van der Waals surface area contributed by atoms with Crippen LogP contribution in [0.2, 0.25) is 0 Å². The van der Waals surface area contributed by atoms with Gasteiger partial charge in [-0.3, -0.25) is 4.68 Å². The van der Waals surface area contributed by atoms with Crippen molar-refractivity contribution in [1.29, 1.82) is 0 Å². The molecule has 4 rings (SSSR count). The molecule has 0 radical (unpaired) electrons. The largest absolute Gasteiger partial charge is 0.463 e. The molecule has 1 fully saturated rings. The zero-order valence-electron chi connectivity index (χ0n) is 14.5. The topological polar surface area (TPSA) is 70.2 Å². The Kier molecular flexibility index (Phi) is 4.03. The lowest BCUT2D eigenvalue weighted by Gasteiger charge is -2.22. The summed E-state index contributed by atoms with van der Waals surface area (Å²) in [7, 11) is 1.82. The van der Waals surface area contributed by atoms with Crippen LogP contribution in [0, 0.1) is 6.92 Å². The molecule has 0 amide bonds. The van der Waals surface area contributed by atoms with Gasteiger partial charge in [0.1, 0.15) is 11.8 Å². The van der Waals surface area contributed by atoms with Crippen molar-refractivity contribution < 1.29 is 13.9 Å². The second-order valence-corrected chi connectivity index (χ2v) is 6.61. The van der Waals surface area contributed by atoms with E-state index in [1.807, 2.05) is 20.0 Å². The van der Waals surface area contributed by atoms with Crippen LogP contribution in [-0.4, -0.2) is 26.8 Å². The molecule has 0 aromatic carbocycles. The number of aryl methyl sites for hydroxylation is 2. The van der Waals surface area contributed by atoms with Gasteiger partial charge in [-0.25, -0.2) is 9.78 Å². The maximum absolute atomic E-state index is 12.9. The third-order valence-electron chi connectivity index (χ3n) is 4.79. The maximum atomic E-state index is 12.9. The Balaban J connectivity index is 1.79. The van der Waals surface area contributed by atoms with Gasteiger partial charge in [-0.05, 0) is 50.8 Å². The number of carbonyl (C=O) groups is 1. The molecule has 130 valence electrons. The standard InChI is InChI=1S/C19H21N3O3/c1-12-17-14(19(23)25-13-7-4-3-5-8-13)11-15(16-9-6-10-24-16)20-18(17)22(2)21-12/h6,9-11,13H,3-5,7-8H2,1-2H3. The van der Waals surface area contributed by atoms with E-state index in [-0.39, 0.29) is 12.1 Å². The van der Waals surface area contributed by atoms with E-state index in [4.69, 9.17) is 9.15 Å². The van der Waals surface area contributed by atoms with Crippen molar-refractivity contribution in [2.24, 2.45) is 7.05 Å². The summed E-state index contributed by atoms with van der Waals surface area (Å²) in [5.41, 5.74) is 2.54. The monoisotopic (exact) mass is 339 g/mol. The molecule has 0 N–H and O–H groups in total. The lowest BCUT2D eigenvalue weighted by Crippen LogP contribution is -2.21. The summed E-state index contributed by atoms with van der Waals surface area (Å²) in [4.78, 5) is 17.5. The van der Waals surface area contributed by atoms with Gasteiger partial charge in [-0.2, -0.15) is 5.10 Å². The summed E-state index contributed by atoms with van der Waals surface area (Å²) in [5.74, 6) is 0.315. The van der Waals surface area contributed by atoms with Crippen molar-refractivity contribution in [3.05, 3.63) is 35.7 Å². The molecule has 3 aromatic heterocycles. The SMILES string of the molecule is Cc1nn(C)c2nc(-c3ccco3)cc(C(=O)OC3CCCCC3)c12. The van der Waals surface area contributed by atoms with Gasteiger partial charge in [0.25, 0.3) is 0 Å². The number of ether oxygens (including phenoxy) is 1. The molecule has 0 aliphatic heterocycles. The number of nitrogens with zero attached hydrogens (tertiary/aromatic N) is 3. The van der Waals surface area contributed by atoms with Crippen LogP contribution in [0.25, 0.3) is 22.5 Å². The molecule has 1 aliphatic carbocycles. The van der Waals surface area contributed by atoms with E-state index < -0.39 is 0 Å². The number of rotatable bonds is 3. The number of carbonyl (C=O) groups excluding carboxylic acids is 1. The molecule has 25 heavy (non-hydrogen) atoms. The van der Waals surface area contributed by atoms with E-state index in [1.165, 1.54) is 6.42 Å². The number of aromatic nitrogens is 3. The highest BCUT2D eigenvalue weighted by Crippen LogP contribution is 2.29. The summed E-state index contributed by atoms with van der Waals surface area (Å²) in [6.07, 6.45) is 6.94. The maximum Gasteiger partial charge on any atom is 0.339 e. The van der Waals surface area contributed by atoms with Crippen LogP contribution in [0.3, 0.4) is 0 Å². The van der Waals surface area contributed by atoms with Crippen molar-refractivity contribution in [3.63, 3.8) is 0 Å². The second-order valence-electron chi connectivity index (χ2n) is 6.61. The third-order valence-corrected chi connectivity index (χ3v) is 4.79. The van der Waals surface area contributed by atoms with Gasteiger partial charge >= 0.3 is 5.97 Å². The van der Waals surface area contributed by atoms with Crippen molar-refractivity contribution in [2.75, 3.05) is 0 Å². The summed E-state index contributed by atoms with van der Waals surface area (Å²) in [6.45, 7) is 1.88. The highest BCUT2D eigenvalue weighted by Gasteiger charge is 2.24. The fourth-order valence-electron chi connectivity index (χ4n) is 3.55. The average Bonchev–Trinajstić information content (AvgIpc) is 3.24. The van der Waals surface area contributed by atoms with E-state index in [0.29, 0.717) is 22.7 Å². The van der Waals surface area contributed by atoms with Crippen LogP contribution in [0.1, 0.15) is 48.2 Å². The van der Waals surface area contributed by atoms with Gasteiger partial charge in [0.15, 0.2) is 11.4 Å². The minimum atomic E-state index is -0.303. The summed E-state index contributed by atoms with van der Waals surface area (Å²) in [5, 5.41) is 5.17. The van der Waals surface area contributed by atoms with Gasteiger partial charge in [0.05, 0.1) is 22.9 Å². The highest BCUT2D eigenvalue weighted by atomic mass is 16.5. The Morgan fingerprint density at radius 1 is 1.32 bits per heavy atom. The molecule has 3 aromatic rings. The average molecular weight is 339 g/mol. The molecule has 3 heterocycles. The minimum absolute atomic E-state index is 0.00788. The number of hydrogen-bond acceptors (Lipinski definition) is 5. The molecule has 6 nitrogen and oxygen atoms in total. The molecular weight excluding hydrogens is 318 g/mol. The molecular formula is C19H21N3O3. The molecule has 0 unspecified atom stereocenters. The number of fused-ring (bicyclic) bond motifs is 1. The lowest BCUT2D eigenvalue weighted by molar-refractivity contribution is 0.0213. The summed E-state index contributed by atoms with van der Waals surface area (Å²) in [6, 6.07) is 5.38. The van der Waals surface area contributed by atoms with Crippen LogP contribution >= 0.6 is 0 Å². The zero-order chi connectivity index (χ0) is 17.4. The normalized spacial score (nSPS) is 15.6. The number of esters is 1. The molecule has 0 bridgehead atoms. The Bertz CT molecular complexity index is 906. The van der Waals surface area contributed by atoms with Gasteiger partial charge in [0.2, 0.25) is 0 Å². The fourth-order valence-corrected chi connectivity index (χ4v) is 3.55. The smallest absolute Gasteiger partial charge is 0.339 e. The van der Waals surface area contributed by atoms with E-state index in [9.17, 15) is 4.79 Å². The first-order valence-electron chi connectivity index (χ1n) is 8.72. The fraction of sp³-hybridized carbons (Fsp3) is 0.421. The van der Waals surface area contributed by atoms with Gasteiger partial charge in [-0.15, -0.1) is 0 Å². The number of pyridine rings is 1. The number of furan rings is 1. The van der Waals surface area contributed by atoms with E-state index in [2.05, 4.69) is 10.1 Å². The first kappa shape index (κ1) is 15.9. The Morgan fingerprint density at radius 2 is 2.12 bits per heavy atom. The van der Waals surface area contributed by atoms with Crippen molar-refractivity contribution in [3.8, 4) is 11.5 Å². The summed E-state index contributed by atoms with van der Waals surface area (Å²) >= 11 is 0. The van der Waals surface area contributed by atoms with Gasteiger partial charge in [0, 0.05) is 7.05 Å². The van der Waals surface area contributed by atoms with E-state index >= 15 is 0 Å². The van der Waals surface area contributed by atoms with Crippen LogP contribution in [0.5, 0.6) is 0 Å². The highest BCUT2D eigenvalue weighted by molar-refractivity contribution is 6.04. The van der Waals surface area contributed by atoms with Gasteiger partial charge < -0.3 is 9.15 Å². The van der Waals surface area contributed by atoms with Crippen LogP contribution in [-0.2, 0) is 11.8 Å². The quantitative estimate of drug-likeness (QED) is 0.674. The van der Waals surface area contributed by atoms with Crippen molar-refractivity contribution in [1.82, 2.24) is 14.8 Å². The van der Waals surface area contributed by atoms with E-state index in [0.717, 1.165) is 36.8 Å². The molecule has 0 atom stereocenters. The summed E-state index contributed by atoms with van der Waals surface area (Å²) < 4.78 is 12.9. The Morgan fingerprint density at radius 3 is 2.84 bits per heavy atom. The second kappa shape index (κ2) is 6.35. The van der Waals surface area contributed by atoms with Crippen LogP contribution in [0.4, 0.5) is 0 Å². The molecule has 0 spiro atoms. The van der Waals surface area contributed by atoms with Crippen molar-refractivity contribution >= 4 is 17.0 Å². The minimum Gasteiger partial charge on any atom is -0.463 e. The Labute approximate surface area is 145 Å². The van der Waals surface area contributed by atoms with E-state index in [1.54, 1.807) is 23.1 Å². The third kappa shape index (κ3) is 2.92.